The molecule has 3 heterocycles. The summed E-state index contributed by atoms with van der Waals surface area (Å²) in [5.74, 6) is -0.328. The van der Waals surface area contributed by atoms with Gasteiger partial charge in [-0.25, -0.2) is 13.9 Å². The van der Waals surface area contributed by atoms with Crippen molar-refractivity contribution in [2.24, 2.45) is 0 Å². The maximum absolute atomic E-state index is 13.5. The van der Waals surface area contributed by atoms with Crippen LogP contribution in [-0.4, -0.2) is 79.6 Å². The van der Waals surface area contributed by atoms with E-state index >= 15 is 0 Å². The highest BCUT2D eigenvalue weighted by Crippen LogP contribution is 2.77. The number of nitrogens with zero attached hydrogens (tertiary/aromatic N) is 3. The van der Waals surface area contributed by atoms with Crippen molar-refractivity contribution < 1.29 is 65.8 Å². The van der Waals surface area contributed by atoms with E-state index in [0.717, 1.165) is 10.9 Å². The number of halogens is 2. The van der Waals surface area contributed by atoms with Crippen LogP contribution in [0.2, 0.25) is 0 Å². The van der Waals surface area contributed by atoms with Gasteiger partial charge in [0.15, 0.2) is 17.4 Å². The summed E-state index contributed by atoms with van der Waals surface area (Å²) in [4.78, 5) is 57.1. The molecule has 0 radical (unpaired) electrons. The molecule has 23 heteroatoms. The Balaban J connectivity index is 1.75. The maximum atomic E-state index is 13.5. The number of phosphoric acid groups is 1. The number of rotatable bonds is 8. The molecule has 1 saturated heterocycles. The van der Waals surface area contributed by atoms with Crippen LogP contribution in [0.4, 0.5) is 14.7 Å². The number of H-pyrrole nitrogens is 1. The van der Waals surface area contributed by atoms with E-state index in [1.807, 2.05) is 0 Å². The summed E-state index contributed by atoms with van der Waals surface area (Å²) < 4.78 is 74.8. The highest BCUT2D eigenvalue weighted by Gasteiger charge is 2.67. The van der Waals surface area contributed by atoms with Crippen molar-refractivity contribution in [3.8, 4) is 0 Å². The monoisotopic (exact) mass is 557 g/mol. The third-order valence-corrected chi connectivity index (χ3v) is 9.48. The van der Waals surface area contributed by atoms with Crippen LogP contribution in [0.3, 0.4) is 0 Å². The third kappa shape index (κ3) is 4.86. The lowest BCUT2D eigenvalue weighted by Crippen LogP contribution is -2.33. The smallest absolute Gasteiger partial charge is 0.387 e. The number of aromatic nitrogens is 4. The van der Waals surface area contributed by atoms with Crippen LogP contribution in [0, 0.1) is 0 Å². The van der Waals surface area contributed by atoms with Gasteiger partial charge in [0.25, 0.3) is 5.56 Å². The fourth-order valence-electron chi connectivity index (χ4n) is 2.77. The van der Waals surface area contributed by atoms with Crippen molar-refractivity contribution in [3.63, 3.8) is 0 Å². The molecule has 0 saturated carbocycles. The van der Waals surface area contributed by atoms with Crippen molar-refractivity contribution in [3.05, 3.63) is 16.7 Å². The molecule has 1 aliphatic rings. The van der Waals surface area contributed by atoms with Gasteiger partial charge in [0.2, 0.25) is 5.95 Å². The molecule has 0 spiro atoms. The Bertz CT molecular complexity index is 1290. The quantitative estimate of drug-likeness (QED) is 0.169. The number of alkyl halides is 2. The third-order valence-electron chi connectivity index (χ3n) is 4.37. The molecule has 0 aromatic carbocycles. The van der Waals surface area contributed by atoms with Crippen molar-refractivity contribution in [1.82, 2.24) is 19.5 Å². The van der Waals surface area contributed by atoms with Crippen molar-refractivity contribution >= 4 is 40.1 Å². The van der Waals surface area contributed by atoms with Crippen LogP contribution in [0.25, 0.3) is 11.2 Å². The Labute approximate surface area is 185 Å². The van der Waals surface area contributed by atoms with Crippen LogP contribution in [0.15, 0.2) is 11.1 Å². The number of nitrogens with two attached hydrogens (primary N) is 1. The minimum Gasteiger partial charge on any atom is -0.387 e. The van der Waals surface area contributed by atoms with E-state index < -0.39 is 65.1 Å². The maximum Gasteiger partial charge on any atom is 0.479 e. The number of phosphoric ester groups is 1. The fourth-order valence-corrected chi connectivity index (χ4v) is 6.45. The van der Waals surface area contributed by atoms with E-state index in [0.29, 0.717) is 0 Å². The second kappa shape index (κ2) is 8.77. The summed E-state index contributed by atoms with van der Waals surface area (Å²) in [6.07, 6.45) is -5.90. The minimum atomic E-state index is -6.77. The van der Waals surface area contributed by atoms with Gasteiger partial charge in [0.05, 0.1) is 12.9 Å². The first kappa shape index (κ1) is 26.9. The van der Waals surface area contributed by atoms with Crippen molar-refractivity contribution in [1.29, 1.82) is 0 Å². The SMILES string of the molecule is Nc1nc2c(ncn2[C@@H]2O[C@H](COP(=O)(O)OP(=O)(O)C(F)(F)P(=O)(O)O)[C@@H](O)[C@H]2O)c(=O)[nH]1. The van der Waals surface area contributed by atoms with Crippen molar-refractivity contribution in [2.45, 2.75) is 29.9 Å². The van der Waals surface area contributed by atoms with Gasteiger partial charge in [-0.1, -0.05) is 0 Å². The van der Waals surface area contributed by atoms with Gasteiger partial charge in [-0.2, -0.15) is 13.8 Å². The summed E-state index contributed by atoms with van der Waals surface area (Å²) in [5.41, 5.74) is 4.29. The van der Waals surface area contributed by atoms with Crippen LogP contribution in [0.1, 0.15) is 6.23 Å². The standard InChI is InChI=1S/C11H16F2N5O13P3/c12-11(13,32(22,23)24)33(25,26)31-34(27,28)29-1-3-5(19)6(20)9(30-3)18-2-15-4-7(18)16-10(14)17-8(4)21/h2-3,5-6,9,19-20H,1H2,(H,25,26)(H,27,28)(H2,22,23,24)(H3,14,16,17,21)/t3-,5-,6-,9-/m1/s1. The van der Waals surface area contributed by atoms with E-state index in [-0.39, 0.29) is 17.1 Å². The van der Waals surface area contributed by atoms with E-state index in [1.165, 1.54) is 0 Å². The molecule has 18 nitrogen and oxygen atoms in total. The van der Waals surface area contributed by atoms with Crippen molar-refractivity contribution in [2.75, 3.05) is 12.3 Å². The Morgan fingerprint density at radius 3 is 2.41 bits per heavy atom. The number of fused-ring (bicyclic) bond motifs is 1. The zero-order chi connectivity index (χ0) is 25.9. The number of ether oxygens (including phenoxy) is 1. The molecule has 192 valence electrons. The minimum absolute atomic E-state index is 0.184. The average molecular weight is 557 g/mol. The first-order chi connectivity index (χ1) is 15.4. The number of nitrogen functional groups attached to an aromatic ring is 1. The molecule has 34 heavy (non-hydrogen) atoms. The van der Waals surface area contributed by atoms with E-state index in [1.54, 1.807) is 0 Å². The van der Waals surface area contributed by atoms with Gasteiger partial charge in [-0.05, 0) is 0 Å². The van der Waals surface area contributed by atoms with Crippen LogP contribution in [0.5, 0.6) is 0 Å². The van der Waals surface area contributed by atoms with Crippen LogP contribution in [-0.2, 0) is 27.3 Å². The number of aliphatic hydroxyl groups is 2. The summed E-state index contributed by atoms with van der Waals surface area (Å²) in [6, 6.07) is 0. The Morgan fingerprint density at radius 2 is 1.82 bits per heavy atom. The molecule has 1 fully saturated rings. The molecule has 0 bridgehead atoms. The largest absolute Gasteiger partial charge is 0.479 e. The predicted molar refractivity (Wildman–Crippen MR) is 102 cm³/mol. The van der Waals surface area contributed by atoms with Gasteiger partial charge < -0.3 is 40.3 Å². The van der Waals surface area contributed by atoms with Gasteiger partial charge >= 0.3 is 28.4 Å². The summed E-state index contributed by atoms with van der Waals surface area (Å²) in [6.45, 7) is -1.22. The molecule has 6 atom stereocenters. The number of aromatic amines is 1. The molecule has 9 N–H and O–H groups in total. The first-order valence-corrected chi connectivity index (χ1v) is 13.3. The number of imidazole rings is 1. The number of nitrogens with one attached hydrogen (secondary N) is 1. The van der Waals surface area contributed by atoms with Crippen LogP contribution < -0.4 is 11.3 Å². The number of hydrogen-bond donors (Lipinski definition) is 8. The van der Waals surface area contributed by atoms with E-state index in [4.69, 9.17) is 25.2 Å². The van der Waals surface area contributed by atoms with E-state index in [2.05, 4.69) is 23.8 Å². The second-order valence-corrected chi connectivity index (χ2v) is 12.2. The molecule has 2 unspecified atom stereocenters. The molecule has 0 amide bonds. The number of hydrogen-bond acceptors (Lipinski definition) is 12. The molecule has 2 aromatic rings. The molecular formula is C11H16F2N5O13P3. The number of anilines is 1. The van der Waals surface area contributed by atoms with Gasteiger partial charge in [-0.15, -0.1) is 0 Å². The zero-order valence-electron chi connectivity index (χ0n) is 16.2. The molecule has 1 aliphatic heterocycles. The lowest BCUT2D eigenvalue weighted by molar-refractivity contribution is -0.0503. The lowest BCUT2D eigenvalue weighted by Gasteiger charge is -2.24. The van der Waals surface area contributed by atoms with Crippen LogP contribution >= 0.6 is 23.0 Å². The predicted octanol–water partition coefficient (Wildman–Crippen LogP) is -1.63. The summed E-state index contributed by atoms with van der Waals surface area (Å²) in [7, 11) is -19.3. The topological polar surface area (TPSA) is 290 Å². The molecule has 3 rings (SSSR count). The zero-order valence-corrected chi connectivity index (χ0v) is 18.8. The highest BCUT2D eigenvalue weighted by atomic mass is 31.3. The molecule has 0 aliphatic carbocycles. The Hall–Kier alpha value is -1.66. The average Bonchev–Trinajstić information content (AvgIpc) is 3.20. The normalized spacial score (nSPS) is 27.5. The highest BCUT2D eigenvalue weighted by molar-refractivity contribution is 7.75. The molecule has 2 aromatic heterocycles. The Morgan fingerprint density at radius 1 is 1.21 bits per heavy atom. The number of aliphatic hydroxyl groups excluding tert-OH is 2. The van der Waals surface area contributed by atoms with Gasteiger partial charge in [-0.3, -0.25) is 28.0 Å². The van der Waals surface area contributed by atoms with Gasteiger partial charge in [0, 0.05) is 0 Å². The second-order valence-electron chi connectivity index (χ2n) is 6.74. The van der Waals surface area contributed by atoms with E-state index in [9.17, 15) is 42.4 Å². The first-order valence-electron chi connectivity index (χ1n) is 8.57. The Kier molecular flexibility index (Phi) is 6.95. The summed E-state index contributed by atoms with van der Waals surface area (Å²) >= 11 is 0. The van der Waals surface area contributed by atoms with Gasteiger partial charge in [0.1, 0.15) is 18.3 Å². The molecular weight excluding hydrogens is 541 g/mol. The summed E-state index contributed by atoms with van der Waals surface area (Å²) in [5, 5.41) is 14.6. The lowest BCUT2D eigenvalue weighted by atomic mass is 10.1. The fraction of sp³-hybridized carbons (Fsp3) is 0.545.